The molecule has 0 N–H and O–H groups in total. The van der Waals surface area contributed by atoms with Crippen LogP contribution in [-0.4, -0.2) is 79.9 Å². The monoisotopic (exact) mass is 401 g/mol. The summed E-state index contributed by atoms with van der Waals surface area (Å²) in [5.74, 6) is 1.63. The quantitative estimate of drug-likeness (QED) is 0.671. The van der Waals surface area contributed by atoms with E-state index in [0.29, 0.717) is 12.3 Å². The predicted molar refractivity (Wildman–Crippen MR) is 114 cm³/mol. The SMILES string of the molecule is COc1ccccc1CCN1CCCC(CN(C)C(=O)CN2CCCCC2=O)C1. The number of ether oxygens (including phenoxy) is 1. The van der Waals surface area contributed by atoms with Gasteiger partial charge in [-0.1, -0.05) is 18.2 Å². The summed E-state index contributed by atoms with van der Waals surface area (Å²) in [6, 6.07) is 8.21. The van der Waals surface area contributed by atoms with Gasteiger partial charge >= 0.3 is 0 Å². The van der Waals surface area contributed by atoms with E-state index in [2.05, 4.69) is 17.0 Å². The lowest BCUT2D eigenvalue weighted by molar-refractivity contribution is -0.141. The molecule has 2 fully saturated rings. The zero-order valence-corrected chi connectivity index (χ0v) is 17.9. The van der Waals surface area contributed by atoms with Crippen molar-refractivity contribution in [2.75, 3.05) is 53.4 Å². The Morgan fingerprint density at radius 1 is 1.21 bits per heavy atom. The van der Waals surface area contributed by atoms with Gasteiger partial charge in [-0.25, -0.2) is 0 Å². The van der Waals surface area contributed by atoms with Crippen LogP contribution >= 0.6 is 0 Å². The number of methoxy groups -OCH3 is 1. The number of rotatable bonds is 8. The third kappa shape index (κ3) is 6.20. The first-order valence-corrected chi connectivity index (χ1v) is 10.9. The first-order valence-electron chi connectivity index (χ1n) is 10.9. The molecular formula is C23H35N3O3. The smallest absolute Gasteiger partial charge is 0.241 e. The molecule has 160 valence electrons. The first kappa shape index (κ1) is 21.6. The number of likely N-dealkylation sites (tertiary alicyclic amines) is 2. The highest BCUT2D eigenvalue weighted by atomic mass is 16.5. The lowest BCUT2D eigenvalue weighted by Crippen LogP contribution is -2.46. The van der Waals surface area contributed by atoms with Crippen molar-refractivity contribution in [3.05, 3.63) is 29.8 Å². The van der Waals surface area contributed by atoms with Gasteiger partial charge in [0.05, 0.1) is 13.7 Å². The van der Waals surface area contributed by atoms with Crippen LogP contribution in [0.25, 0.3) is 0 Å². The number of amides is 2. The summed E-state index contributed by atoms with van der Waals surface area (Å²) in [7, 11) is 3.60. The molecule has 2 amide bonds. The Hall–Kier alpha value is -2.08. The minimum absolute atomic E-state index is 0.0615. The summed E-state index contributed by atoms with van der Waals surface area (Å²) in [5.41, 5.74) is 1.25. The molecule has 3 rings (SSSR count). The minimum atomic E-state index is 0.0615. The molecule has 0 aromatic heterocycles. The van der Waals surface area contributed by atoms with Gasteiger partial charge in [0.15, 0.2) is 0 Å². The van der Waals surface area contributed by atoms with E-state index in [1.165, 1.54) is 12.0 Å². The number of benzene rings is 1. The maximum Gasteiger partial charge on any atom is 0.241 e. The van der Waals surface area contributed by atoms with Crippen LogP contribution in [0, 0.1) is 5.92 Å². The second-order valence-corrected chi connectivity index (χ2v) is 8.42. The highest BCUT2D eigenvalue weighted by Gasteiger charge is 2.25. The lowest BCUT2D eigenvalue weighted by atomic mass is 9.97. The van der Waals surface area contributed by atoms with Crippen molar-refractivity contribution in [2.45, 2.75) is 38.5 Å². The molecule has 2 heterocycles. The van der Waals surface area contributed by atoms with Crippen molar-refractivity contribution in [2.24, 2.45) is 5.92 Å². The van der Waals surface area contributed by atoms with Gasteiger partial charge in [-0.05, 0) is 56.2 Å². The molecule has 1 atom stereocenters. The van der Waals surface area contributed by atoms with Crippen molar-refractivity contribution in [3.8, 4) is 5.75 Å². The zero-order chi connectivity index (χ0) is 20.6. The van der Waals surface area contributed by atoms with E-state index in [-0.39, 0.29) is 18.4 Å². The first-order chi connectivity index (χ1) is 14.1. The Morgan fingerprint density at radius 3 is 2.83 bits per heavy atom. The molecule has 6 nitrogen and oxygen atoms in total. The summed E-state index contributed by atoms with van der Waals surface area (Å²) in [6.07, 6.45) is 5.84. The molecule has 0 bridgehead atoms. The Labute approximate surface area is 174 Å². The molecule has 1 aromatic carbocycles. The predicted octanol–water partition coefficient (Wildman–Crippen LogP) is 2.42. The normalized spacial score (nSPS) is 20.6. The van der Waals surface area contributed by atoms with E-state index in [0.717, 1.165) is 64.2 Å². The van der Waals surface area contributed by atoms with Crippen molar-refractivity contribution in [3.63, 3.8) is 0 Å². The molecule has 1 unspecified atom stereocenters. The molecule has 6 heteroatoms. The van der Waals surface area contributed by atoms with Gasteiger partial charge in [0.2, 0.25) is 11.8 Å². The number of likely N-dealkylation sites (N-methyl/N-ethyl adjacent to an activating group) is 1. The third-order valence-corrected chi connectivity index (χ3v) is 6.20. The van der Waals surface area contributed by atoms with E-state index < -0.39 is 0 Å². The molecular weight excluding hydrogens is 366 g/mol. The van der Waals surface area contributed by atoms with E-state index in [9.17, 15) is 9.59 Å². The van der Waals surface area contributed by atoms with E-state index >= 15 is 0 Å². The fraction of sp³-hybridized carbons (Fsp3) is 0.652. The Morgan fingerprint density at radius 2 is 2.03 bits per heavy atom. The number of hydrogen-bond donors (Lipinski definition) is 0. The van der Waals surface area contributed by atoms with Crippen LogP contribution in [0.5, 0.6) is 5.75 Å². The van der Waals surface area contributed by atoms with Crippen LogP contribution in [0.2, 0.25) is 0 Å². The van der Waals surface area contributed by atoms with Crippen LogP contribution in [0.4, 0.5) is 0 Å². The Bertz CT molecular complexity index is 694. The van der Waals surface area contributed by atoms with E-state index in [1.54, 1.807) is 12.0 Å². The van der Waals surface area contributed by atoms with Crippen molar-refractivity contribution in [1.82, 2.24) is 14.7 Å². The molecule has 2 aliphatic heterocycles. The number of hydrogen-bond acceptors (Lipinski definition) is 4. The topological polar surface area (TPSA) is 53.1 Å². The summed E-state index contributed by atoms with van der Waals surface area (Å²) < 4.78 is 5.46. The largest absolute Gasteiger partial charge is 0.496 e. The highest BCUT2D eigenvalue weighted by Crippen LogP contribution is 2.21. The molecule has 0 radical (unpaired) electrons. The molecule has 0 aliphatic carbocycles. The van der Waals surface area contributed by atoms with Crippen molar-refractivity contribution >= 4 is 11.8 Å². The maximum atomic E-state index is 12.6. The second-order valence-electron chi connectivity index (χ2n) is 8.42. The second kappa shape index (κ2) is 10.6. The molecule has 0 saturated carbocycles. The highest BCUT2D eigenvalue weighted by molar-refractivity contribution is 5.85. The average molecular weight is 402 g/mol. The van der Waals surface area contributed by atoms with Gasteiger partial charge in [-0.3, -0.25) is 9.59 Å². The van der Waals surface area contributed by atoms with Crippen LogP contribution in [0.15, 0.2) is 24.3 Å². The molecule has 29 heavy (non-hydrogen) atoms. The molecule has 2 saturated heterocycles. The minimum Gasteiger partial charge on any atom is -0.496 e. The summed E-state index contributed by atoms with van der Waals surface area (Å²) in [6.45, 7) is 4.88. The number of carbonyl (C=O) groups excluding carboxylic acids is 2. The zero-order valence-electron chi connectivity index (χ0n) is 17.9. The summed E-state index contributed by atoms with van der Waals surface area (Å²) in [4.78, 5) is 30.6. The Kier molecular flexibility index (Phi) is 7.92. The summed E-state index contributed by atoms with van der Waals surface area (Å²) in [5, 5.41) is 0. The standard InChI is InChI=1S/C23H35N3O3/c1-24(23(28)18-26-14-6-5-11-22(26)27)16-19-8-7-13-25(17-19)15-12-20-9-3-4-10-21(20)29-2/h3-4,9-10,19H,5-8,11-18H2,1-2H3. The third-order valence-electron chi connectivity index (χ3n) is 6.20. The van der Waals surface area contributed by atoms with Gasteiger partial charge in [-0.2, -0.15) is 0 Å². The van der Waals surface area contributed by atoms with Gasteiger partial charge in [0, 0.05) is 39.6 Å². The number of carbonyl (C=O) groups is 2. The number of nitrogens with zero attached hydrogens (tertiary/aromatic N) is 3. The molecule has 2 aliphatic rings. The van der Waals surface area contributed by atoms with Crippen molar-refractivity contribution in [1.29, 1.82) is 0 Å². The number of piperidine rings is 2. The molecule has 1 aromatic rings. The Balaban J connectivity index is 1.45. The van der Waals surface area contributed by atoms with Crippen LogP contribution < -0.4 is 4.74 Å². The lowest BCUT2D eigenvalue weighted by Gasteiger charge is -2.35. The molecule has 0 spiro atoms. The average Bonchev–Trinajstić information content (AvgIpc) is 2.74. The van der Waals surface area contributed by atoms with Crippen LogP contribution in [0.1, 0.15) is 37.7 Å². The number of para-hydroxylation sites is 1. The summed E-state index contributed by atoms with van der Waals surface area (Å²) >= 11 is 0. The van der Waals surface area contributed by atoms with E-state index in [4.69, 9.17) is 4.74 Å². The fourth-order valence-electron chi connectivity index (χ4n) is 4.49. The fourth-order valence-corrected chi connectivity index (χ4v) is 4.49. The van der Waals surface area contributed by atoms with Gasteiger partial charge in [0.25, 0.3) is 0 Å². The van der Waals surface area contributed by atoms with Crippen LogP contribution in [0.3, 0.4) is 0 Å². The van der Waals surface area contributed by atoms with Gasteiger partial charge in [0.1, 0.15) is 5.75 Å². The van der Waals surface area contributed by atoms with Crippen LogP contribution in [-0.2, 0) is 16.0 Å². The maximum absolute atomic E-state index is 12.6. The van der Waals surface area contributed by atoms with Gasteiger partial charge < -0.3 is 19.4 Å². The van der Waals surface area contributed by atoms with E-state index in [1.807, 2.05) is 24.1 Å². The van der Waals surface area contributed by atoms with Crippen molar-refractivity contribution < 1.29 is 14.3 Å². The van der Waals surface area contributed by atoms with Gasteiger partial charge in [-0.15, -0.1) is 0 Å².